The number of carbonyl (C=O) groups excluding carboxylic acids is 3. The fraction of sp³-hybridized carbons (Fsp3) is 0.344. The van der Waals surface area contributed by atoms with Crippen LogP contribution < -0.4 is 21.1 Å². The number of nitrogens with two attached hydrogens (primary N) is 1. The van der Waals surface area contributed by atoms with Crippen LogP contribution in [0.25, 0.3) is 0 Å². The van der Waals surface area contributed by atoms with Crippen LogP contribution in [0.1, 0.15) is 62.5 Å². The largest absolute Gasteiger partial charge is 0.497 e. The predicted octanol–water partition coefficient (Wildman–Crippen LogP) is 3.16. The molecule has 0 saturated carbocycles. The molecule has 0 unspecified atom stereocenters. The van der Waals surface area contributed by atoms with Crippen molar-refractivity contribution in [1.29, 1.82) is 0 Å². The average Bonchev–Trinajstić information content (AvgIpc) is 2.99. The summed E-state index contributed by atoms with van der Waals surface area (Å²) >= 11 is 0. The molecule has 0 aromatic heterocycles. The van der Waals surface area contributed by atoms with Gasteiger partial charge in [0.2, 0.25) is 5.91 Å². The Bertz CT molecular complexity index is 1300. The number of rotatable bonds is 15. The first-order valence-electron chi connectivity index (χ1n) is 13.9. The van der Waals surface area contributed by atoms with Crippen molar-refractivity contribution in [3.63, 3.8) is 0 Å². The third-order valence-electron chi connectivity index (χ3n) is 6.81. The van der Waals surface area contributed by atoms with Gasteiger partial charge >= 0.3 is 0 Å². The lowest BCUT2D eigenvalue weighted by Gasteiger charge is -2.25. The highest BCUT2D eigenvalue weighted by atomic mass is 16.5. The summed E-state index contributed by atoms with van der Waals surface area (Å²) in [5.74, 6) is -0.857. The normalized spacial score (nSPS) is 12.3. The summed E-state index contributed by atoms with van der Waals surface area (Å²) in [5.41, 5.74) is 7.88. The van der Waals surface area contributed by atoms with Crippen molar-refractivity contribution < 1.29 is 24.2 Å². The minimum atomic E-state index is -0.940. The standard InChI is InChI=1S/C32H40N4O5/c1-4-15-36(5-2)32(40)26-18-24(30(33)38)17-25(19-26)31(39)35-28(16-22-11-13-27(41-3)14-12-22)29(37)21-34-20-23-9-7-6-8-10-23/h6-14,17-19,28-29,34,37H,4-5,15-16,20-21H2,1-3H3,(H2,33,38)(H,35,39)/t28-,29+/m0/s1. The van der Waals surface area contributed by atoms with Crippen LogP contribution in [-0.2, 0) is 13.0 Å². The number of primary amides is 1. The first kappa shape index (κ1) is 31.3. The molecular weight excluding hydrogens is 520 g/mol. The zero-order valence-corrected chi connectivity index (χ0v) is 23.9. The van der Waals surface area contributed by atoms with Gasteiger partial charge in [0.1, 0.15) is 5.75 Å². The molecule has 3 aromatic carbocycles. The Hall–Kier alpha value is -4.21. The number of amides is 3. The molecule has 5 N–H and O–H groups in total. The summed E-state index contributed by atoms with van der Waals surface area (Å²) < 4.78 is 5.24. The number of ether oxygens (including phenoxy) is 1. The van der Waals surface area contributed by atoms with Crippen LogP contribution in [0.2, 0.25) is 0 Å². The van der Waals surface area contributed by atoms with Gasteiger partial charge in [-0.15, -0.1) is 0 Å². The first-order valence-corrected chi connectivity index (χ1v) is 13.9. The van der Waals surface area contributed by atoms with Crippen molar-refractivity contribution in [2.75, 3.05) is 26.7 Å². The predicted molar refractivity (Wildman–Crippen MR) is 159 cm³/mol. The van der Waals surface area contributed by atoms with Crippen LogP contribution in [0.15, 0.2) is 72.8 Å². The van der Waals surface area contributed by atoms with E-state index >= 15 is 0 Å². The number of methoxy groups -OCH3 is 1. The molecule has 9 heteroatoms. The molecule has 3 aromatic rings. The van der Waals surface area contributed by atoms with Crippen molar-refractivity contribution in [2.45, 2.75) is 45.4 Å². The molecule has 41 heavy (non-hydrogen) atoms. The smallest absolute Gasteiger partial charge is 0.253 e. The Morgan fingerprint density at radius 3 is 2.20 bits per heavy atom. The van der Waals surface area contributed by atoms with E-state index in [1.807, 2.05) is 68.4 Å². The molecule has 3 rings (SSSR count). The number of nitrogens with one attached hydrogen (secondary N) is 2. The number of aliphatic hydroxyl groups is 1. The second kappa shape index (κ2) is 15.5. The van der Waals surface area contributed by atoms with Crippen LogP contribution >= 0.6 is 0 Å². The van der Waals surface area contributed by atoms with E-state index in [4.69, 9.17) is 10.5 Å². The van der Waals surface area contributed by atoms with Gasteiger partial charge in [-0.3, -0.25) is 14.4 Å². The van der Waals surface area contributed by atoms with Gasteiger partial charge in [0.05, 0.1) is 19.3 Å². The van der Waals surface area contributed by atoms with Gasteiger partial charge in [-0.2, -0.15) is 0 Å². The van der Waals surface area contributed by atoms with Crippen molar-refractivity contribution in [2.24, 2.45) is 5.73 Å². The lowest BCUT2D eigenvalue weighted by molar-refractivity contribution is 0.0764. The molecule has 0 saturated heterocycles. The van der Waals surface area contributed by atoms with Gasteiger partial charge in [0, 0.05) is 42.9 Å². The third-order valence-corrected chi connectivity index (χ3v) is 6.81. The molecule has 2 atom stereocenters. The summed E-state index contributed by atoms with van der Waals surface area (Å²) in [4.78, 5) is 40.4. The molecule has 0 fully saturated rings. The summed E-state index contributed by atoms with van der Waals surface area (Å²) in [7, 11) is 1.58. The lowest BCUT2D eigenvalue weighted by Crippen LogP contribution is -2.48. The summed E-state index contributed by atoms with van der Waals surface area (Å²) in [5, 5.41) is 17.3. The highest BCUT2D eigenvalue weighted by Crippen LogP contribution is 2.17. The number of carbonyl (C=O) groups is 3. The second-order valence-corrected chi connectivity index (χ2v) is 9.86. The Labute approximate surface area is 241 Å². The van der Waals surface area contributed by atoms with Crippen molar-refractivity contribution in [1.82, 2.24) is 15.5 Å². The molecule has 0 aliphatic carbocycles. The lowest BCUT2D eigenvalue weighted by atomic mass is 9.99. The van der Waals surface area contributed by atoms with Crippen molar-refractivity contribution in [3.05, 3.63) is 101 Å². The summed E-state index contributed by atoms with van der Waals surface area (Å²) in [6.07, 6.45) is 0.169. The highest BCUT2D eigenvalue weighted by molar-refractivity contribution is 6.04. The highest BCUT2D eigenvalue weighted by Gasteiger charge is 2.24. The molecule has 9 nitrogen and oxygen atoms in total. The zero-order valence-electron chi connectivity index (χ0n) is 23.9. The van der Waals surface area contributed by atoms with Crippen molar-refractivity contribution >= 4 is 17.7 Å². The van der Waals surface area contributed by atoms with E-state index in [2.05, 4.69) is 10.6 Å². The number of hydrogen-bond acceptors (Lipinski definition) is 6. The number of hydrogen-bond donors (Lipinski definition) is 4. The monoisotopic (exact) mass is 560 g/mol. The molecule has 0 aliphatic rings. The van der Waals surface area contributed by atoms with E-state index < -0.39 is 24.0 Å². The minimum Gasteiger partial charge on any atom is -0.497 e. The first-order chi connectivity index (χ1) is 19.7. The Morgan fingerprint density at radius 2 is 1.59 bits per heavy atom. The summed E-state index contributed by atoms with van der Waals surface area (Å²) in [6.45, 7) is 5.65. The quantitative estimate of drug-likeness (QED) is 0.226. The Kier molecular flexibility index (Phi) is 11.9. The SMILES string of the molecule is CCCN(CC)C(=O)c1cc(C(N)=O)cc(C(=O)N[C@@H](Cc2ccc(OC)cc2)[C@H](O)CNCc2ccccc2)c1. The van der Waals surface area contributed by atoms with Gasteiger partial charge in [-0.1, -0.05) is 49.4 Å². The van der Waals surface area contributed by atoms with E-state index in [9.17, 15) is 19.5 Å². The maximum atomic E-state index is 13.5. The summed E-state index contributed by atoms with van der Waals surface area (Å²) in [6, 6.07) is 20.8. The molecule has 0 spiro atoms. The van der Waals surface area contributed by atoms with Gasteiger partial charge in [-0.05, 0) is 61.2 Å². The topological polar surface area (TPSA) is 134 Å². The van der Waals surface area contributed by atoms with E-state index in [1.54, 1.807) is 12.0 Å². The third kappa shape index (κ3) is 9.16. The molecular formula is C32H40N4O5. The number of benzene rings is 3. The van der Waals surface area contributed by atoms with Gasteiger partial charge in [0.15, 0.2) is 0 Å². The van der Waals surface area contributed by atoms with Gasteiger partial charge < -0.3 is 31.1 Å². The fourth-order valence-corrected chi connectivity index (χ4v) is 4.53. The number of nitrogens with zero attached hydrogens (tertiary/aromatic N) is 1. The van der Waals surface area contributed by atoms with Crippen molar-refractivity contribution in [3.8, 4) is 5.75 Å². The second-order valence-electron chi connectivity index (χ2n) is 9.86. The zero-order chi connectivity index (χ0) is 29.8. The molecule has 0 bridgehead atoms. The van der Waals surface area contributed by atoms with E-state index in [0.29, 0.717) is 31.8 Å². The Balaban J connectivity index is 1.84. The number of aliphatic hydroxyl groups excluding tert-OH is 1. The van der Waals surface area contributed by atoms with Crippen LogP contribution in [0.4, 0.5) is 0 Å². The van der Waals surface area contributed by atoms with Crippen LogP contribution in [-0.4, -0.2) is 66.6 Å². The van der Waals surface area contributed by atoms with E-state index in [-0.39, 0.29) is 29.1 Å². The molecule has 218 valence electrons. The van der Waals surface area contributed by atoms with Gasteiger partial charge in [-0.25, -0.2) is 0 Å². The Morgan fingerprint density at radius 1 is 0.927 bits per heavy atom. The molecule has 0 radical (unpaired) electrons. The molecule has 3 amide bonds. The minimum absolute atomic E-state index is 0.0605. The van der Waals surface area contributed by atoms with E-state index in [1.165, 1.54) is 18.2 Å². The van der Waals surface area contributed by atoms with Crippen LogP contribution in [0.3, 0.4) is 0 Å². The average molecular weight is 561 g/mol. The fourth-order valence-electron chi connectivity index (χ4n) is 4.53. The van der Waals surface area contributed by atoms with Gasteiger partial charge in [0.25, 0.3) is 11.8 Å². The molecule has 0 aliphatic heterocycles. The van der Waals surface area contributed by atoms with Crippen LogP contribution in [0.5, 0.6) is 5.75 Å². The van der Waals surface area contributed by atoms with E-state index in [0.717, 1.165) is 17.5 Å². The molecule has 0 heterocycles. The van der Waals surface area contributed by atoms with Crippen LogP contribution in [0, 0.1) is 0 Å². The maximum absolute atomic E-state index is 13.5. The maximum Gasteiger partial charge on any atom is 0.253 e.